The van der Waals surface area contributed by atoms with Crippen LogP contribution in [0.3, 0.4) is 0 Å². The molecule has 1 nitrogen and oxygen atoms in total. The van der Waals surface area contributed by atoms with Gasteiger partial charge < -0.3 is 5.11 Å². The van der Waals surface area contributed by atoms with Crippen LogP contribution in [-0.4, -0.2) is 5.11 Å². The van der Waals surface area contributed by atoms with Crippen LogP contribution in [-0.2, 0) is 12.8 Å². The molecular weight excluding hydrogens is 160 g/mol. The summed E-state index contributed by atoms with van der Waals surface area (Å²) in [6.45, 7) is 3.79. The molecule has 0 saturated carbocycles. The molecule has 0 atom stereocenters. The van der Waals surface area contributed by atoms with Crippen LogP contribution in [0, 0.1) is 0 Å². The zero-order chi connectivity index (χ0) is 9.26. The molecule has 0 aromatic heterocycles. The van der Waals surface area contributed by atoms with Gasteiger partial charge >= 0.3 is 0 Å². The Hall–Kier alpha value is -1.24. The molecule has 0 aliphatic heterocycles. The quantitative estimate of drug-likeness (QED) is 0.694. The number of hydrogen-bond acceptors (Lipinski definition) is 1. The molecule has 1 N–H and O–H groups in total. The van der Waals surface area contributed by atoms with Gasteiger partial charge in [0.1, 0.15) is 5.75 Å². The van der Waals surface area contributed by atoms with Gasteiger partial charge in [-0.05, 0) is 48.4 Å². The second kappa shape index (κ2) is 3.25. The summed E-state index contributed by atoms with van der Waals surface area (Å²) in [6, 6.07) is 3.73. The first kappa shape index (κ1) is 8.36. The van der Waals surface area contributed by atoms with Crippen LogP contribution >= 0.6 is 0 Å². The number of phenolic OH excluding ortho intramolecular Hbond substituents is 1. The zero-order valence-electron chi connectivity index (χ0n) is 7.71. The fourth-order valence-corrected chi connectivity index (χ4v) is 2.07. The molecule has 0 unspecified atom stereocenters. The lowest BCUT2D eigenvalue weighted by Gasteiger charge is -2.18. The Morgan fingerprint density at radius 2 is 1.85 bits per heavy atom. The van der Waals surface area contributed by atoms with E-state index in [9.17, 15) is 5.11 Å². The normalized spacial score (nSPS) is 15.1. The van der Waals surface area contributed by atoms with E-state index in [-0.39, 0.29) is 0 Å². The third kappa shape index (κ3) is 1.35. The lowest BCUT2D eigenvalue weighted by Crippen LogP contribution is -2.04. The molecular formula is C12H14O. The summed E-state index contributed by atoms with van der Waals surface area (Å²) >= 11 is 0. The Morgan fingerprint density at radius 3 is 2.54 bits per heavy atom. The Labute approximate surface area is 78.7 Å². The first-order valence-electron chi connectivity index (χ1n) is 4.79. The van der Waals surface area contributed by atoms with Crippen molar-refractivity contribution in [2.75, 3.05) is 0 Å². The van der Waals surface area contributed by atoms with Gasteiger partial charge in [0.15, 0.2) is 0 Å². The first-order chi connectivity index (χ1) is 6.33. The highest BCUT2D eigenvalue weighted by atomic mass is 16.3. The van der Waals surface area contributed by atoms with Gasteiger partial charge in [-0.25, -0.2) is 0 Å². The van der Waals surface area contributed by atoms with Crippen molar-refractivity contribution in [1.29, 1.82) is 0 Å². The lowest BCUT2D eigenvalue weighted by atomic mass is 9.87. The number of hydrogen-bond donors (Lipinski definition) is 1. The van der Waals surface area contributed by atoms with E-state index in [1.54, 1.807) is 6.07 Å². The minimum Gasteiger partial charge on any atom is -0.508 e. The number of rotatable bonds is 1. The molecule has 2 rings (SSSR count). The van der Waals surface area contributed by atoms with E-state index in [1.165, 1.54) is 24.0 Å². The molecule has 1 aliphatic rings. The molecule has 1 aromatic carbocycles. The van der Waals surface area contributed by atoms with E-state index in [4.69, 9.17) is 0 Å². The summed E-state index contributed by atoms with van der Waals surface area (Å²) in [4.78, 5) is 0. The maximum absolute atomic E-state index is 9.64. The third-order valence-corrected chi connectivity index (χ3v) is 2.77. The summed E-state index contributed by atoms with van der Waals surface area (Å²) < 4.78 is 0. The molecule has 68 valence electrons. The first-order valence-corrected chi connectivity index (χ1v) is 4.79. The highest BCUT2D eigenvalue weighted by Crippen LogP contribution is 2.31. The molecule has 1 aromatic rings. The molecule has 0 bridgehead atoms. The van der Waals surface area contributed by atoms with E-state index in [2.05, 4.69) is 6.58 Å². The molecule has 0 amide bonds. The minimum absolute atomic E-state index is 0.459. The Kier molecular flexibility index (Phi) is 2.09. The van der Waals surface area contributed by atoms with Gasteiger partial charge in [0.25, 0.3) is 0 Å². The summed E-state index contributed by atoms with van der Waals surface area (Å²) in [5.41, 5.74) is 3.64. The smallest absolute Gasteiger partial charge is 0.119 e. The van der Waals surface area contributed by atoms with E-state index in [0.29, 0.717) is 5.75 Å². The molecule has 0 spiro atoms. The second-order valence-corrected chi connectivity index (χ2v) is 3.54. The van der Waals surface area contributed by atoms with Gasteiger partial charge in [-0.1, -0.05) is 18.7 Å². The van der Waals surface area contributed by atoms with Crippen LogP contribution in [0.4, 0.5) is 0 Å². The standard InChI is InChI=1S/C12H14O/c1-2-9-7-8-12(13)11-6-4-3-5-10(9)11/h2,7-8,13H,1,3-6H2. The summed E-state index contributed by atoms with van der Waals surface area (Å²) in [5.74, 6) is 0.459. The van der Waals surface area contributed by atoms with Gasteiger partial charge in [-0.3, -0.25) is 0 Å². The molecule has 1 aliphatic carbocycles. The number of benzene rings is 1. The summed E-state index contributed by atoms with van der Waals surface area (Å²) in [6.07, 6.45) is 6.41. The molecule has 0 heterocycles. The van der Waals surface area contributed by atoms with Gasteiger partial charge in [0, 0.05) is 0 Å². The van der Waals surface area contributed by atoms with Crippen LogP contribution in [0.5, 0.6) is 5.75 Å². The van der Waals surface area contributed by atoms with Crippen LogP contribution < -0.4 is 0 Å². The molecule has 0 radical (unpaired) electrons. The minimum atomic E-state index is 0.459. The average molecular weight is 174 g/mol. The topological polar surface area (TPSA) is 20.2 Å². The van der Waals surface area contributed by atoms with Crippen LogP contribution in [0.15, 0.2) is 18.7 Å². The van der Waals surface area contributed by atoms with Crippen molar-refractivity contribution in [1.82, 2.24) is 0 Å². The highest BCUT2D eigenvalue weighted by Gasteiger charge is 2.14. The monoisotopic (exact) mass is 174 g/mol. The predicted octanol–water partition coefficient (Wildman–Crippen LogP) is 2.91. The maximum Gasteiger partial charge on any atom is 0.119 e. The predicted molar refractivity (Wildman–Crippen MR) is 54.8 cm³/mol. The van der Waals surface area contributed by atoms with Crippen molar-refractivity contribution >= 4 is 6.08 Å². The molecule has 1 heteroatoms. The van der Waals surface area contributed by atoms with Crippen molar-refractivity contribution < 1.29 is 5.11 Å². The number of phenols is 1. The van der Waals surface area contributed by atoms with Crippen molar-refractivity contribution in [2.45, 2.75) is 25.7 Å². The summed E-state index contributed by atoms with van der Waals surface area (Å²) in [5, 5.41) is 9.64. The van der Waals surface area contributed by atoms with Crippen LogP contribution in [0.2, 0.25) is 0 Å². The Bertz CT molecular complexity index is 339. The summed E-state index contributed by atoms with van der Waals surface area (Å²) in [7, 11) is 0. The second-order valence-electron chi connectivity index (χ2n) is 3.54. The molecule has 0 saturated heterocycles. The van der Waals surface area contributed by atoms with Crippen LogP contribution in [0.1, 0.15) is 29.5 Å². The third-order valence-electron chi connectivity index (χ3n) is 2.77. The number of fused-ring (bicyclic) bond motifs is 1. The van der Waals surface area contributed by atoms with Crippen molar-refractivity contribution in [3.05, 3.63) is 35.4 Å². The van der Waals surface area contributed by atoms with E-state index in [0.717, 1.165) is 18.4 Å². The van der Waals surface area contributed by atoms with Crippen molar-refractivity contribution in [2.24, 2.45) is 0 Å². The lowest BCUT2D eigenvalue weighted by molar-refractivity contribution is 0.462. The Balaban J connectivity index is 2.58. The van der Waals surface area contributed by atoms with Crippen LogP contribution in [0.25, 0.3) is 6.08 Å². The largest absolute Gasteiger partial charge is 0.508 e. The van der Waals surface area contributed by atoms with Gasteiger partial charge in [0.2, 0.25) is 0 Å². The fourth-order valence-electron chi connectivity index (χ4n) is 2.07. The SMILES string of the molecule is C=Cc1ccc(O)c2c1CCCC2. The highest BCUT2D eigenvalue weighted by molar-refractivity contribution is 5.58. The fraction of sp³-hybridized carbons (Fsp3) is 0.333. The molecule has 13 heavy (non-hydrogen) atoms. The van der Waals surface area contributed by atoms with Crippen molar-refractivity contribution in [3.63, 3.8) is 0 Å². The Morgan fingerprint density at radius 1 is 1.15 bits per heavy atom. The number of aromatic hydroxyl groups is 1. The van der Waals surface area contributed by atoms with Gasteiger partial charge in [0.05, 0.1) is 0 Å². The van der Waals surface area contributed by atoms with Gasteiger partial charge in [-0.2, -0.15) is 0 Å². The zero-order valence-corrected chi connectivity index (χ0v) is 7.71. The van der Waals surface area contributed by atoms with E-state index in [1.807, 2.05) is 12.1 Å². The van der Waals surface area contributed by atoms with E-state index < -0.39 is 0 Å². The van der Waals surface area contributed by atoms with Gasteiger partial charge in [-0.15, -0.1) is 0 Å². The van der Waals surface area contributed by atoms with E-state index >= 15 is 0 Å². The molecule has 0 fully saturated rings. The average Bonchev–Trinajstić information content (AvgIpc) is 2.19. The maximum atomic E-state index is 9.64. The van der Waals surface area contributed by atoms with Crippen molar-refractivity contribution in [3.8, 4) is 5.75 Å².